The number of methoxy groups -OCH3 is 1. The van der Waals surface area contributed by atoms with Gasteiger partial charge in [-0.1, -0.05) is 34.1 Å². The molecule has 114 valence electrons. The first-order chi connectivity index (χ1) is 10.1. The third-order valence-corrected chi connectivity index (χ3v) is 4.26. The molecule has 0 aliphatic carbocycles. The number of rotatable bonds is 5. The van der Waals surface area contributed by atoms with E-state index in [1.807, 2.05) is 24.3 Å². The molecular weight excluding hydrogens is 338 g/mol. The predicted octanol–water partition coefficient (Wildman–Crippen LogP) is 1.69. The van der Waals surface area contributed by atoms with Crippen molar-refractivity contribution in [3.63, 3.8) is 0 Å². The molecule has 0 unspecified atom stereocenters. The Labute approximate surface area is 132 Å². The summed E-state index contributed by atoms with van der Waals surface area (Å²) < 4.78 is 10.9. The predicted molar refractivity (Wildman–Crippen MR) is 80.7 cm³/mol. The highest BCUT2D eigenvalue weighted by Crippen LogP contribution is 2.19. The minimum absolute atomic E-state index is 0.157. The summed E-state index contributed by atoms with van der Waals surface area (Å²) in [5.74, 6) is -0.788. The third kappa shape index (κ3) is 4.28. The molecule has 0 radical (unpaired) electrons. The largest absolute Gasteiger partial charge is 0.467 e. The summed E-state index contributed by atoms with van der Waals surface area (Å²) in [6, 6.07) is 6.90. The molecule has 2 rings (SSSR count). The summed E-state index contributed by atoms with van der Waals surface area (Å²) in [5.41, 5.74) is 0.941. The second-order valence-electron chi connectivity index (χ2n) is 4.94. The van der Waals surface area contributed by atoms with Gasteiger partial charge in [-0.3, -0.25) is 4.79 Å². The Hall–Kier alpha value is -1.40. The van der Waals surface area contributed by atoms with Gasteiger partial charge < -0.3 is 14.8 Å². The maximum absolute atomic E-state index is 12.1. The summed E-state index contributed by atoms with van der Waals surface area (Å²) in [7, 11) is 1.32. The number of nitrogens with one attached hydrogen (secondary N) is 1. The Balaban J connectivity index is 2.06. The van der Waals surface area contributed by atoms with Gasteiger partial charge in [0.2, 0.25) is 5.91 Å². The van der Waals surface area contributed by atoms with E-state index >= 15 is 0 Å². The Kier molecular flexibility index (Phi) is 5.76. The minimum atomic E-state index is -0.693. The zero-order valence-electron chi connectivity index (χ0n) is 11.8. The molecule has 5 nitrogen and oxygen atoms in total. The van der Waals surface area contributed by atoms with Crippen molar-refractivity contribution in [3.8, 4) is 0 Å². The molecular formula is C15H18BrNO4. The summed E-state index contributed by atoms with van der Waals surface area (Å²) in [5, 5.41) is 2.77. The smallest absolute Gasteiger partial charge is 0.328 e. The number of ether oxygens (including phenoxy) is 2. The second-order valence-corrected chi connectivity index (χ2v) is 5.79. The van der Waals surface area contributed by atoms with E-state index in [2.05, 4.69) is 21.2 Å². The second kappa shape index (κ2) is 7.56. The SMILES string of the molecule is COC(=O)[C@H](Cc1ccccc1Br)NC(=O)[C@H]1CCOC1. The van der Waals surface area contributed by atoms with Gasteiger partial charge in [-0.15, -0.1) is 0 Å². The number of hydrogen-bond acceptors (Lipinski definition) is 4. The van der Waals surface area contributed by atoms with Gasteiger partial charge in [0, 0.05) is 17.5 Å². The van der Waals surface area contributed by atoms with Crippen LogP contribution < -0.4 is 5.32 Å². The summed E-state index contributed by atoms with van der Waals surface area (Å²) >= 11 is 3.44. The molecule has 1 aliphatic heterocycles. The quantitative estimate of drug-likeness (QED) is 0.816. The maximum Gasteiger partial charge on any atom is 0.328 e. The Morgan fingerprint density at radius 1 is 1.48 bits per heavy atom. The van der Waals surface area contributed by atoms with Crippen LogP contribution in [0.3, 0.4) is 0 Å². The van der Waals surface area contributed by atoms with Crippen molar-refractivity contribution in [2.24, 2.45) is 5.92 Å². The fraction of sp³-hybridized carbons (Fsp3) is 0.467. The first kappa shape index (κ1) is 16.0. The Morgan fingerprint density at radius 2 is 2.24 bits per heavy atom. The molecule has 1 aliphatic rings. The van der Waals surface area contributed by atoms with Crippen molar-refractivity contribution in [2.75, 3.05) is 20.3 Å². The molecule has 21 heavy (non-hydrogen) atoms. The van der Waals surface area contributed by atoms with Crippen LogP contribution in [0.5, 0.6) is 0 Å². The average molecular weight is 356 g/mol. The van der Waals surface area contributed by atoms with Crippen LogP contribution in [-0.4, -0.2) is 38.2 Å². The van der Waals surface area contributed by atoms with E-state index in [0.717, 1.165) is 10.0 Å². The first-order valence-corrected chi connectivity index (χ1v) is 7.60. The molecule has 1 aromatic rings. The molecule has 2 atom stereocenters. The topological polar surface area (TPSA) is 64.6 Å². The summed E-state index contributed by atoms with van der Waals surface area (Å²) in [6.07, 6.45) is 1.07. The zero-order chi connectivity index (χ0) is 15.2. The van der Waals surface area contributed by atoms with Gasteiger partial charge in [0.1, 0.15) is 6.04 Å². The molecule has 1 N–H and O–H groups in total. The van der Waals surface area contributed by atoms with Crippen molar-refractivity contribution >= 4 is 27.8 Å². The van der Waals surface area contributed by atoms with Crippen LogP contribution in [0.1, 0.15) is 12.0 Å². The van der Waals surface area contributed by atoms with Gasteiger partial charge in [-0.25, -0.2) is 4.79 Å². The van der Waals surface area contributed by atoms with E-state index in [9.17, 15) is 9.59 Å². The number of esters is 1. The number of hydrogen-bond donors (Lipinski definition) is 1. The number of benzene rings is 1. The molecule has 1 fully saturated rings. The van der Waals surface area contributed by atoms with E-state index in [0.29, 0.717) is 26.1 Å². The number of carbonyl (C=O) groups excluding carboxylic acids is 2. The van der Waals surface area contributed by atoms with Gasteiger partial charge in [0.15, 0.2) is 0 Å². The monoisotopic (exact) mass is 355 g/mol. The molecule has 1 saturated heterocycles. The molecule has 0 aromatic heterocycles. The normalized spacial score (nSPS) is 19.0. The van der Waals surface area contributed by atoms with E-state index in [4.69, 9.17) is 9.47 Å². The average Bonchev–Trinajstić information content (AvgIpc) is 3.02. The van der Waals surface area contributed by atoms with Crippen LogP contribution in [-0.2, 0) is 25.5 Å². The lowest BCUT2D eigenvalue weighted by atomic mass is 10.0. The standard InChI is InChI=1S/C15H18BrNO4/c1-20-15(19)13(8-10-4-2-3-5-12(10)16)17-14(18)11-6-7-21-9-11/h2-5,11,13H,6-9H2,1H3,(H,17,18)/t11-,13-/m0/s1. The number of amides is 1. The van der Waals surface area contributed by atoms with Crippen LogP contribution in [0.25, 0.3) is 0 Å². The van der Waals surface area contributed by atoms with Gasteiger partial charge in [-0.05, 0) is 18.1 Å². The van der Waals surface area contributed by atoms with Gasteiger partial charge in [0.05, 0.1) is 19.6 Å². The van der Waals surface area contributed by atoms with E-state index in [-0.39, 0.29) is 11.8 Å². The third-order valence-electron chi connectivity index (χ3n) is 3.48. The molecule has 0 saturated carbocycles. The lowest BCUT2D eigenvalue weighted by Crippen LogP contribution is -2.45. The van der Waals surface area contributed by atoms with Crippen molar-refractivity contribution < 1.29 is 19.1 Å². The molecule has 1 aromatic carbocycles. The number of carbonyl (C=O) groups is 2. The van der Waals surface area contributed by atoms with E-state index < -0.39 is 12.0 Å². The lowest BCUT2D eigenvalue weighted by Gasteiger charge is -2.19. The van der Waals surface area contributed by atoms with Crippen LogP contribution in [0.4, 0.5) is 0 Å². The maximum atomic E-state index is 12.1. The van der Waals surface area contributed by atoms with Gasteiger partial charge >= 0.3 is 5.97 Å². The van der Waals surface area contributed by atoms with E-state index in [1.165, 1.54) is 7.11 Å². The summed E-state index contributed by atoms with van der Waals surface area (Å²) in [4.78, 5) is 24.0. The van der Waals surface area contributed by atoms with Crippen molar-refractivity contribution in [2.45, 2.75) is 18.9 Å². The van der Waals surface area contributed by atoms with Crippen molar-refractivity contribution in [1.82, 2.24) is 5.32 Å². The summed E-state index contributed by atoms with van der Waals surface area (Å²) in [6.45, 7) is 1.000. The van der Waals surface area contributed by atoms with E-state index in [1.54, 1.807) is 0 Å². The van der Waals surface area contributed by atoms with Gasteiger partial charge in [0.25, 0.3) is 0 Å². The fourth-order valence-corrected chi connectivity index (χ4v) is 2.70. The zero-order valence-corrected chi connectivity index (χ0v) is 13.4. The molecule has 1 heterocycles. The van der Waals surface area contributed by atoms with Crippen molar-refractivity contribution in [3.05, 3.63) is 34.3 Å². The van der Waals surface area contributed by atoms with Gasteiger partial charge in [-0.2, -0.15) is 0 Å². The highest BCUT2D eigenvalue weighted by molar-refractivity contribution is 9.10. The molecule has 6 heteroatoms. The Morgan fingerprint density at radius 3 is 2.86 bits per heavy atom. The lowest BCUT2D eigenvalue weighted by molar-refractivity contribution is -0.145. The van der Waals surface area contributed by atoms with Crippen LogP contribution in [0.15, 0.2) is 28.7 Å². The van der Waals surface area contributed by atoms with Crippen molar-refractivity contribution in [1.29, 1.82) is 0 Å². The molecule has 0 bridgehead atoms. The van der Waals surface area contributed by atoms with Crippen LogP contribution in [0, 0.1) is 5.92 Å². The van der Waals surface area contributed by atoms with Crippen LogP contribution >= 0.6 is 15.9 Å². The highest BCUT2D eigenvalue weighted by atomic mass is 79.9. The minimum Gasteiger partial charge on any atom is -0.467 e. The number of halogens is 1. The first-order valence-electron chi connectivity index (χ1n) is 6.81. The fourth-order valence-electron chi connectivity index (χ4n) is 2.25. The molecule has 1 amide bonds. The van der Waals surface area contributed by atoms with Crippen LogP contribution in [0.2, 0.25) is 0 Å². The molecule has 0 spiro atoms. The Bertz CT molecular complexity index is 514. The highest BCUT2D eigenvalue weighted by Gasteiger charge is 2.29.